The van der Waals surface area contributed by atoms with E-state index < -0.39 is 6.10 Å². The second-order valence-corrected chi connectivity index (χ2v) is 5.75. The minimum atomic E-state index is -0.537. The fourth-order valence-corrected chi connectivity index (χ4v) is 2.29. The highest BCUT2D eigenvalue weighted by Gasteiger charge is 2.06. The maximum Gasteiger partial charge on any atom is 0.120 e. The van der Waals surface area contributed by atoms with E-state index in [9.17, 15) is 5.11 Å². The molecule has 2 rings (SSSR count). The highest BCUT2D eigenvalue weighted by Crippen LogP contribution is 2.17. The van der Waals surface area contributed by atoms with Crippen LogP contribution in [0.1, 0.15) is 5.82 Å². The van der Waals surface area contributed by atoms with Gasteiger partial charge in [-0.15, -0.1) is 0 Å². The number of imidazole rings is 1. The summed E-state index contributed by atoms with van der Waals surface area (Å²) in [4.78, 5) is 4.25. The Morgan fingerprint density at radius 1 is 1.48 bits per heavy atom. The smallest absolute Gasteiger partial charge is 0.120 e. The number of aryl methyl sites for hydroxylation is 1. The number of benzene rings is 1. The van der Waals surface area contributed by atoms with Crippen molar-refractivity contribution in [3.8, 4) is 5.75 Å². The van der Waals surface area contributed by atoms with Gasteiger partial charge < -0.3 is 19.7 Å². The van der Waals surface area contributed by atoms with E-state index >= 15 is 0 Å². The number of ether oxygens (including phenoxy) is 1. The molecule has 21 heavy (non-hydrogen) atoms. The molecule has 2 aromatic rings. The Kier molecular flexibility index (Phi) is 6.22. The summed E-state index contributed by atoms with van der Waals surface area (Å²) >= 11 is 3.38. The molecule has 1 aromatic carbocycles. The van der Waals surface area contributed by atoms with Crippen LogP contribution in [0.25, 0.3) is 0 Å². The minimum absolute atomic E-state index is 0.270. The molecule has 0 aliphatic carbocycles. The number of aliphatic hydroxyl groups is 1. The van der Waals surface area contributed by atoms with Gasteiger partial charge in [-0.1, -0.05) is 22.0 Å². The van der Waals surface area contributed by atoms with Crippen molar-refractivity contribution in [2.24, 2.45) is 7.05 Å². The average molecular weight is 354 g/mol. The second kappa shape index (κ2) is 8.17. The number of hydrogen-bond donors (Lipinski definition) is 2. The van der Waals surface area contributed by atoms with Gasteiger partial charge in [0.2, 0.25) is 0 Å². The monoisotopic (exact) mass is 353 g/mol. The molecule has 1 unspecified atom stereocenters. The quantitative estimate of drug-likeness (QED) is 0.710. The molecule has 0 radical (unpaired) electrons. The van der Waals surface area contributed by atoms with Crippen molar-refractivity contribution < 1.29 is 9.84 Å². The van der Waals surface area contributed by atoms with Crippen LogP contribution in [0.4, 0.5) is 0 Å². The lowest BCUT2D eigenvalue weighted by atomic mass is 10.3. The third kappa shape index (κ3) is 5.49. The van der Waals surface area contributed by atoms with Crippen LogP contribution in [0.3, 0.4) is 0 Å². The SMILES string of the molecule is Cn1ccnc1CCNCC(O)COc1cccc(Br)c1. The zero-order chi connectivity index (χ0) is 15.1. The lowest BCUT2D eigenvalue weighted by molar-refractivity contribution is 0.106. The van der Waals surface area contributed by atoms with Crippen molar-refractivity contribution >= 4 is 15.9 Å². The Bertz CT molecular complexity index is 559. The van der Waals surface area contributed by atoms with Gasteiger partial charge >= 0.3 is 0 Å². The summed E-state index contributed by atoms with van der Waals surface area (Å²) in [7, 11) is 1.98. The first-order valence-electron chi connectivity index (χ1n) is 6.88. The summed E-state index contributed by atoms with van der Waals surface area (Å²) in [6, 6.07) is 7.58. The summed E-state index contributed by atoms with van der Waals surface area (Å²) in [5.74, 6) is 1.78. The maximum atomic E-state index is 9.87. The summed E-state index contributed by atoms with van der Waals surface area (Å²) in [6.45, 7) is 1.54. The molecule has 1 heterocycles. The van der Waals surface area contributed by atoms with Gasteiger partial charge in [0, 0.05) is 43.4 Å². The largest absolute Gasteiger partial charge is 0.491 e. The molecular formula is C15H20BrN3O2. The van der Waals surface area contributed by atoms with Crippen molar-refractivity contribution in [2.45, 2.75) is 12.5 Å². The van der Waals surface area contributed by atoms with E-state index in [0.29, 0.717) is 6.54 Å². The van der Waals surface area contributed by atoms with E-state index in [1.807, 2.05) is 42.1 Å². The van der Waals surface area contributed by atoms with Crippen LogP contribution in [0, 0.1) is 0 Å². The second-order valence-electron chi connectivity index (χ2n) is 4.83. The highest BCUT2D eigenvalue weighted by molar-refractivity contribution is 9.10. The lowest BCUT2D eigenvalue weighted by Gasteiger charge is -2.13. The topological polar surface area (TPSA) is 59.3 Å². The Labute approximate surface area is 133 Å². The number of nitrogens with zero attached hydrogens (tertiary/aromatic N) is 2. The fraction of sp³-hybridized carbons (Fsp3) is 0.400. The van der Waals surface area contributed by atoms with Crippen LogP contribution < -0.4 is 10.1 Å². The van der Waals surface area contributed by atoms with Gasteiger partial charge in [0.1, 0.15) is 24.3 Å². The minimum Gasteiger partial charge on any atom is -0.491 e. The molecule has 5 nitrogen and oxygen atoms in total. The molecule has 114 valence electrons. The van der Waals surface area contributed by atoms with Gasteiger partial charge in [0.15, 0.2) is 0 Å². The molecule has 2 N–H and O–H groups in total. The number of hydrogen-bond acceptors (Lipinski definition) is 4. The highest BCUT2D eigenvalue weighted by atomic mass is 79.9. The number of aliphatic hydroxyl groups excluding tert-OH is 1. The number of halogens is 1. The van der Waals surface area contributed by atoms with Gasteiger partial charge in [-0.05, 0) is 18.2 Å². The maximum absolute atomic E-state index is 9.87. The fourth-order valence-electron chi connectivity index (χ4n) is 1.91. The average Bonchev–Trinajstić information content (AvgIpc) is 2.87. The summed E-state index contributed by atoms with van der Waals surface area (Å²) < 4.78 is 8.49. The molecule has 1 atom stereocenters. The first-order valence-corrected chi connectivity index (χ1v) is 7.68. The molecule has 6 heteroatoms. The van der Waals surface area contributed by atoms with Gasteiger partial charge in [-0.25, -0.2) is 4.98 Å². The number of rotatable bonds is 8. The van der Waals surface area contributed by atoms with E-state index in [-0.39, 0.29) is 6.61 Å². The third-order valence-corrected chi connectivity index (χ3v) is 3.56. The summed E-state index contributed by atoms with van der Waals surface area (Å²) in [5.41, 5.74) is 0. The number of aromatic nitrogens is 2. The van der Waals surface area contributed by atoms with Crippen molar-refractivity contribution in [3.63, 3.8) is 0 Å². The van der Waals surface area contributed by atoms with Gasteiger partial charge in [0.05, 0.1) is 0 Å². The molecule has 0 bridgehead atoms. The predicted molar refractivity (Wildman–Crippen MR) is 85.4 cm³/mol. The normalized spacial score (nSPS) is 12.3. The van der Waals surface area contributed by atoms with Gasteiger partial charge in [-0.3, -0.25) is 0 Å². The molecular weight excluding hydrogens is 334 g/mol. The molecule has 0 saturated heterocycles. The Morgan fingerprint density at radius 3 is 3.05 bits per heavy atom. The molecule has 0 amide bonds. The van der Waals surface area contributed by atoms with E-state index in [4.69, 9.17) is 4.74 Å². The summed E-state index contributed by atoms with van der Waals surface area (Å²) in [5, 5.41) is 13.1. The first-order chi connectivity index (χ1) is 10.1. The standard InChI is InChI=1S/C15H20BrN3O2/c1-19-8-7-18-15(19)5-6-17-10-13(20)11-21-14-4-2-3-12(16)9-14/h2-4,7-9,13,17,20H,5-6,10-11H2,1H3. The molecule has 0 aliphatic heterocycles. The molecule has 0 spiro atoms. The van der Waals surface area contributed by atoms with E-state index in [0.717, 1.165) is 29.0 Å². The molecule has 0 aliphatic rings. The van der Waals surface area contributed by atoms with Crippen LogP contribution >= 0.6 is 15.9 Å². The molecule has 0 fully saturated rings. The van der Waals surface area contributed by atoms with Crippen molar-refractivity contribution in [1.82, 2.24) is 14.9 Å². The van der Waals surface area contributed by atoms with Gasteiger partial charge in [0.25, 0.3) is 0 Å². The van der Waals surface area contributed by atoms with E-state index in [1.54, 1.807) is 6.20 Å². The Hall–Kier alpha value is -1.37. The van der Waals surface area contributed by atoms with Crippen molar-refractivity contribution in [3.05, 3.63) is 47.0 Å². The van der Waals surface area contributed by atoms with Crippen LogP contribution in [-0.4, -0.2) is 40.5 Å². The predicted octanol–water partition coefficient (Wildman–Crippen LogP) is 1.75. The summed E-state index contributed by atoms with van der Waals surface area (Å²) in [6.07, 6.45) is 4.01. The van der Waals surface area contributed by atoms with Crippen LogP contribution in [0.2, 0.25) is 0 Å². The van der Waals surface area contributed by atoms with E-state index in [1.165, 1.54) is 0 Å². The first kappa shape index (κ1) is 16.0. The lowest BCUT2D eigenvalue weighted by Crippen LogP contribution is -2.32. The van der Waals surface area contributed by atoms with Crippen LogP contribution in [0.5, 0.6) is 5.75 Å². The van der Waals surface area contributed by atoms with Crippen LogP contribution in [0.15, 0.2) is 41.1 Å². The Morgan fingerprint density at radius 2 is 2.33 bits per heavy atom. The molecule has 1 aromatic heterocycles. The zero-order valence-corrected chi connectivity index (χ0v) is 13.6. The number of nitrogens with one attached hydrogen (secondary N) is 1. The zero-order valence-electron chi connectivity index (χ0n) is 12.0. The van der Waals surface area contributed by atoms with Gasteiger partial charge in [-0.2, -0.15) is 0 Å². The molecule has 0 saturated carbocycles. The van der Waals surface area contributed by atoms with Crippen molar-refractivity contribution in [1.29, 1.82) is 0 Å². The van der Waals surface area contributed by atoms with E-state index in [2.05, 4.69) is 26.2 Å². The van der Waals surface area contributed by atoms with Crippen molar-refractivity contribution in [2.75, 3.05) is 19.7 Å². The third-order valence-electron chi connectivity index (χ3n) is 3.06. The van der Waals surface area contributed by atoms with Crippen LogP contribution in [-0.2, 0) is 13.5 Å². The Balaban J connectivity index is 1.61.